The Morgan fingerprint density at radius 2 is 1.78 bits per heavy atom. The largest absolute Gasteiger partial charge is 0.489 e. The molecular weight excluding hydrogens is 430 g/mol. The molecule has 0 aliphatic carbocycles. The van der Waals surface area contributed by atoms with Crippen LogP contribution in [0.2, 0.25) is 0 Å². The van der Waals surface area contributed by atoms with Crippen molar-refractivity contribution in [2.75, 3.05) is 13.1 Å². The van der Waals surface area contributed by atoms with Gasteiger partial charge in [0.15, 0.2) is 0 Å². The van der Waals surface area contributed by atoms with Crippen molar-refractivity contribution in [1.29, 1.82) is 0 Å². The van der Waals surface area contributed by atoms with Gasteiger partial charge in [0.1, 0.15) is 18.6 Å². The van der Waals surface area contributed by atoms with E-state index in [-0.39, 0.29) is 17.9 Å². The first-order valence-electron chi connectivity index (χ1n) is 8.95. The topological polar surface area (TPSA) is 63.7 Å². The lowest BCUT2D eigenvalue weighted by Crippen LogP contribution is -2.35. The van der Waals surface area contributed by atoms with E-state index >= 15 is 0 Å². The lowest BCUT2D eigenvalue weighted by atomic mass is 10.1. The van der Waals surface area contributed by atoms with Crippen LogP contribution in [-0.2, 0) is 27.8 Å². The highest BCUT2D eigenvalue weighted by Gasteiger charge is 2.26. The molecular formula is C20H22BrNO4S. The number of ether oxygens (including phenoxy) is 1. The Balaban J connectivity index is 1.81. The molecule has 0 saturated carbocycles. The van der Waals surface area contributed by atoms with Crippen LogP contribution >= 0.6 is 15.9 Å². The van der Waals surface area contributed by atoms with Crippen LogP contribution in [0.1, 0.15) is 30.4 Å². The number of sulfonamides is 1. The van der Waals surface area contributed by atoms with Crippen LogP contribution in [0.25, 0.3) is 0 Å². The number of rotatable bonds is 7. The number of carbonyl (C=O) groups excluding carboxylic acids is 1. The van der Waals surface area contributed by atoms with Gasteiger partial charge >= 0.3 is 0 Å². The van der Waals surface area contributed by atoms with Gasteiger partial charge in [0.2, 0.25) is 10.0 Å². The van der Waals surface area contributed by atoms with E-state index in [4.69, 9.17) is 4.74 Å². The highest BCUT2D eigenvalue weighted by Crippen LogP contribution is 2.27. The zero-order chi connectivity index (χ0) is 19.3. The summed E-state index contributed by atoms with van der Waals surface area (Å²) >= 11 is 3.47. The van der Waals surface area contributed by atoms with E-state index in [1.54, 1.807) is 28.6 Å². The normalized spacial score (nSPS) is 15.4. The summed E-state index contributed by atoms with van der Waals surface area (Å²) in [4.78, 5) is 11.1. The monoisotopic (exact) mass is 451 g/mol. The number of nitrogens with zero attached hydrogens (tertiary/aromatic N) is 1. The van der Waals surface area contributed by atoms with Gasteiger partial charge in [0.25, 0.3) is 0 Å². The Bertz CT molecular complexity index is 908. The molecule has 3 rings (SSSR count). The molecule has 1 heterocycles. The van der Waals surface area contributed by atoms with Crippen LogP contribution in [0.15, 0.2) is 51.8 Å². The summed E-state index contributed by atoms with van der Waals surface area (Å²) in [5.74, 6) is 0.626. The van der Waals surface area contributed by atoms with Crippen LogP contribution in [0.5, 0.6) is 5.75 Å². The van der Waals surface area contributed by atoms with Crippen molar-refractivity contribution in [1.82, 2.24) is 4.31 Å². The summed E-state index contributed by atoms with van der Waals surface area (Å²) in [6.45, 7) is 1.35. The molecule has 0 atom stereocenters. The zero-order valence-corrected chi connectivity index (χ0v) is 17.3. The average molecular weight is 452 g/mol. The quantitative estimate of drug-likeness (QED) is 0.597. The van der Waals surface area contributed by atoms with Crippen LogP contribution in [0, 0.1) is 0 Å². The highest BCUT2D eigenvalue weighted by molar-refractivity contribution is 9.10. The molecule has 0 unspecified atom stereocenters. The maximum absolute atomic E-state index is 12.9. The smallest absolute Gasteiger partial charge is 0.243 e. The summed E-state index contributed by atoms with van der Waals surface area (Å²) in [5, 5.41) is 0. The van der Waals surface area contributed by atoms with E-state index in [0.717, 1.165) is 41.1 Å². The third-order valence-corrected chi connectivity index (χ3v) is 7.30. The molecule has 1 aliphatic rings. The summed E-state index contributed by atoms with van der Waals surface area (Å²) in [5.41, 5.74) is 1.55. The molecule has 0 bridgehead atoms. The molecule has 1 aliphatic heterocycles. The van der Waals surface area contributed by atoms with Crippen molar-refractivity contribution in [3.63, 3.8) is 0 Å². The predicted octanol–water partition coefficient (Wildman–Crippen LogP) is 3.94. The third-order valence-electron chi connectivity index (χ3n) is 4.63. The second-order valence-electron chi connectivity index (χ2n) is 6.49. The number of halogens is 1. The molecule has 0 amide bonds. The van der Waals surface area contributed by atoms with Gasteiger partial charge in [-0.15, -0.1) is 0 Å². The number of hydrogen-bond acceptors (Lipinski definition) is 4. The molecule has 144 valence electrons. The van der Waals surface area contributed by atoms with Crippen LogP contribution < -0.4 is 4.74 Å². The van der Waals surface area contributed by atoms with Gasteiger partial charge in [-0.1, -0.05) is 40.5 Å². The SMILES string of the molecule is O=CCc1ccccc1OCc1cc(S(=O)(=O)N2CCCCC2)ccc1Br. The molecule has 2 aromatic carbocycles. The van der Waals surface area contributed by atoms with Gasteiger partial charge in [0, 0.05) is 35.1 Å². The minimum atomic E-state index is -3.49. The Morgan fingerprint density at radius 1 is 1.04 bits per heavy atom. The molecule has 0 radical (unpaired) electrons. The van der Waals surface area contributed by atoms with Crippen molar-refractivity contribution in [2.24, 2.45) is 0 Å². The first-order chi connectivity index (χ1) is 13.0. The molecule has 0 spiro atoms. The molecule has 5 nitrogen and oxygen atoms in total. The van der Waals surface area contributed by atoms with Gasteiger partial charge in [-0.05, 0) is 37.1 Å². The third kappa shape index (κ3) is 4.78. The minimum Gasteiger partial charge on any atom is -0.489 e. The Hall–Kier alpha value is -1.70. The van der Waals surface area contributed by atoms with Crippen molar-refractivity contribution in [2.45, 2.75) is 37.2 Å². The summed E-state index contributed by atoms with van der Waals surface area (Å²) < 4.78 is 34.0. The van der Waals surface area contributed by atoms with Gasteiger partial charge in [0.05, 0.1) is 4.90 Å². The van der Waals surface area contributed by atoms with E-state index in [9.17, 15) is 13.2 Å². The highest BCUT2D eigenvalue weighted by atomic mass is 79.9. The second kappa shape index (κ2) is 8.99. The Morgan fingerprint density at radius 3 is 2.52 bits per heavy atom. The van der Waals surface area contributed by atoms with Crippen molar-refractivity contribution in [3.8, 4) is 5.75 Å². The van der Waals surface area contributed by atoms with Crippen LogP contribution in [-0.4, -0.2) is 32.1 Å². The second-order valence-corrected chi connectivity index (χ2v) is 9.28. The maximum Gasteiger partial charge on any atom is 0.243 e. The van der Waals surface area contributed by atoms with Crippen LogP contribution in [0.4, 0.5) is 0 Å². The van der Waals surface area contributed by atoms with E-state index in [1.807, 2.05) is 18.2 Å². The number of carbonyl (C=O) groups is 1. The summed E-state index contributed by atoms with van der Waals surface area (Å²) in [6, 6.07) is 12.4. The summed E-state index contributed by atoms with van der Waals surface area (Å²) in [7, 11) is -3.49. The molecule has 27 heavy (non-hydrogen) atoms. The first-order valence-corrected chi connectivity index (χ1v) is 11.2. The maximum atomic E-state index is 12.9. The zero-order valence-electron chi connectivity index (χ0n) is 14.9. The summed E-state index contributed by atoms with van der Waals surface area (Å²) in [6.07, 6.45) is 3.99. The molecule has 0 N–H and O–H groups in total. The fourth-order valence-corrected chi connectivity index (χ4v) is 5.06. The molecule has 1 saturated heterocycles. The molecule has 0 aromatic heterocycles. The van der Waals surface area contributed by atoms with E-state index < -0.39 is 10.0 Å². The van der Waals surface area contributed by atoms with Gasteiger partial charge in [-0.25, -0.2) is 8.42 Å². The lowest BCUT2D eigenvalue weighted by Gasteiger charge is -2.26. The van der Waals surface area contributed by atoms with Gasteiger partial charge in [-0.3, -0.25) is 0 Å². The molecule has 7 heteroatoms. The predicted molar refractivity (Wildman–Crippen MR) is 107 cm³/mol. The number of aldehydes is 1. The Labute approximate surface area is 168 Å². The number of hydrogen-bond donors (Lipinski definition) is 0. The van der Waals surface area contributed by atoms with Crippen molar-refractivity contribution in [3.05, 3.63) is 58.1 Å². The standard InChI is InChI=1S/C20H22BrNO4S/c21-19-9-8-18(27(24,25)22-11-4-1-5-12-22)14-17(19)15-26-20-7-3-2-6-16(20)10-13-23/h2-3,6-9,13-14H,1,4-5,10-12,15H2. The minimum absolute atomic E-state index is 0.208. The Kier molecular flexibility index (Phi) is 6.68. The van der Waals surface area contributed by atoms with E-state index in [1.165, 1.54) is 0 Å². The molecule has 2 aromatic rings. The van der Waals surface area contributed by atoms with Gasteiger partial charge < -0.3 is 9.53 Å². The fourth-order valence-electron chi connectivity index (χ4n) is 3.14. The number of piperidine rings is 1. The van der Waals surface area contributed by atoms with E-state index in [2.05, 4.69) is 15.9 Å². The van der Waals surface area contributed by atoms with E-state index in [0.29, 0.717) is 18.8 Å². The fraction of sp³-hybridized carbons (Fsp3) is 0.350. The van der Waals surface area contributed by atoms with Crippen LogP contribution in [0.3, 0.4) is 0 Å². The van der Waals surface area contributed by atoms with Crippen molar-refractivity contribution >= 4 is 32.2 Å². The number of benzene rings is 2. The number of para-hydroxylation sites is 1. The van der Waals surface area contributed by atoms with Gasteiger partial charge in [-0.2, -0.15) is 4.31 Å². The molecule has 1 fully saturated rings. The first kappa shape index (κ1) is 20.0. The van der Waals surface area contributed by atoms with Crippen molar-refractivity contribution < 1.29 is 17.9 Å². The average Bonchev–Trinajstić information content (AvgIpc) is 2.69. The lowest BCUT2D eigenvalue weighted by molar-refractivity contribution is -0.107.